The fraction of sp³-hybridized carbons (Fsp3) is 0.214. The van der Waals surface area contributed by atoms with Gasteiger partial charge in [-0.1, -0.05) is 56.4 Å². The van der Waals surface area contributed by atoms with Crippen molar-refractivity contribution in [2.75, 3.05) is 0 Å². The number of aromatic amines is 1. The first-order chi connectivity index (χ1) is 7.66. The summed E-state index contributed by atoms with van der Waals surface area (Å²) < 4.78 is 0.769. The number of hydrogen-bond acceptors (Lipinski definition) is 1. The van der Waals surface area contributed by atoms with Crippen LogP contribution in [0.1, 0.15) is 25.3 Å². The Hall–Kier alpha value is -1.41. The Balaban J connectivity index is 2.38. The zero-order chi connectivity index (χ0) is 11.5. The minimum absolute atomic E-state index is 0.573. The Morgan fingerprint density at radius 2 is 1.69 bits per heavy atom. The van der Waals surface area contributed by atoms with Crippen LogP contribution in [-0.2, 0) is 0 Å². The van der Waals surface area contributed by atoms with Gasteiger partial charge in [0, 0.05) is 5.69 Å². The van der Waals surface area contributed by atoms with Gasteiger partial charge in [-0.05, 0) is 29.2 Å². The minimum Gasteiger partial charge on any atom is -0.346 e. The van der Waals surface area contributed by atoms with Gasteiger partial charge in [0.25, 0.3) is 0 Å². The number of aromatic nitrogens is 1. The quantitative estimate of drug-likeness (QED) is 0.748. The topological polar surface area (TPSA) is 15.8 Å². The molecule has 1 heterocycles. The standard InChI is InChI=1S/C14H15NS/c1-10(2)11-6-8-12(9-7-11)13-4-3-5-14(16)15-13/h3-10H,1-2H3,(H,15,16). The maximum Gasteiger partial charge on any atom is 0.103 e. The lowest BCUT2D eigenvalue weighted by Gasteiger charge is -2.07. The van der Waals surface area contributed by atoms with E-state index in [9.17, 15) is 0 Å². The molecule has 0 aliphatic rings. The molecule has 1 N–H and O–H groups in total. The molecule has 0 saturated carbocycles. The Morgan fingerprint density at radius 3 is 2.25 bits per heavy atom. The van der Waals surface area contributed by atoms with Gasteiger partial charge in [0.2, 0.25) is 0 Å². The molecule has 0 spiro atoms. The van der Waals surface area contributed by atoms with E-state index in [0.717, 1.165) is 10.3 Å². The molecular formula is C14H15NS. The number of rotatable bonds is 2. The second-order valence-electron chi connectivity index (χ2n) is 4.21. The average molecular weight is 229 g/mol. The number of hydrogen-bond donors (Lipinski definition) is 1. The molecule has 0 aliphatic heterocycles. The Bertz CT molecular complexity index is 523. The highest BCUT2D eigenvalue weighted by Gasteiger charge is 2.00. The first kappa shape index (κ1) is 11.1. The smallest absolute Gasteiger partial charge is 0.103 e. The predicted molar refractivity (Wildman–Crippen MR) is 71.2 cm³/mol. The van der Waals surface area contributed by atoms with Crippen LogP contribution in [0.5, 0.6) is 0 Å². The molecule has 0 amide bonds. The van der Waals surface area contributed by atoms with Crippen molar-refractivity contribution in [3.63, 3.8) is 0 Å². The summed E-state index contributed by atoms with van der Waals surface area (Å²) in [6.45, 7) is 4.40. The molecule has 0 atom stereocenters. The summed E-state index contributed by atoms with van der Waals surface area (Å²) in [6.07, 6.45) is 0. The lowest BCUT2D eigenvalue weighted by atomic mass is 10.0. The third kappa shape index (κ3) is 2.39. The van der Waals surface area contributed by atoms with Crippen LogP contribution in [0.4, 0.5) is 0 Å². The van der Waals surface area contributed by atoms with Crippen LogP contribution >= 0.6 is 12.2 Å². The van der Waals surface area contributed by atoms with Crippen molar-refractivity contribution in [3.8, 4) is 11.3 Å². The van der Waals surface area contributed by atoms with Gasteiger partial charge in [-0.2, -0.15) is 0 Å². The Kier molecular flexibility index (Phi) is 3.20. The zero-order valence-electron chi connectivity index (χ0n) is 9.53. The second kappa shape index (κ2) is 4.62. The van der Waals surface area contributed by atoms with E-state index < -0.39 is 0 Å². The summed E-state index contributed by atoms with van der Waals surface area (Å²) in [5, 5.41) is 0. The fourth-order valence-electron chi connectivity index (χ4n) is 1.66. The molecule has 0 aliphatic carbocycles. The van der Waals surface area contributed by atoms with E-state index in [-0.39, 0.29) is 0 Å². The molecule has 0 fully saturated rings. The predicted octanol–water partition coefficient (Wildman–Crippen LogP) is 4.53. The first-order valence-electron chi connectivity index (χ1n) is 5.46. The summed E-state index contributed by atoms with van der Waals surface area (Å²) in [6, 6.07) is 14.5. The largest absolute Gasteiger partial charge is 0.346 e. The third-order valence-corrected chi connectivity index (χ3v) is 2.89. The van der Waals surface area contributed by atoms with E-state index in [1.807, 2.05) is 18.2 Å². The first-order valence-corrected chi connectivity index (χ1v) is 5.87. The molecule has 1 nitrogen and oxygen atoms in total. The highest BCUT2D eigenvalue weighted by Crippen LogP contribution is 2.20. The van der Waals surface area contributed by atoms with Crippen molar-refractivity contribution >= 4 is 12.2 Å². The van der Waals surface area contributed by atoms with Gasteiger partial charge in [0.05, 0.1) is 0 Å². The lowest BCUT2D eigenvalue weighted by molar-refractivity contribution is 0.867. The van der Waals surface area contributed by atoms with E-state index in [1.165, 1.54) is 11.1 Å². The SMILES string of the molecule is CC(C)c1ccc(-c2cccc(=S)[nH]2)cc1. The molecule has 0 unspecified atom stereocenters. The lowest BCUT2D eigenvalue weighted by Crippen LogP contribution is -1.88. The van der Waals surface area contributed by atoms with Crippen LogP contribution in [0, 0.1) is 4.64 Å². The van der Waals surface area contributed by atoms with Gasteiger partial charge in [-0.25, -0.2) is 0 Å². The van der Waals surface area contributed by atoms with Gasteiger partial charge in [0.15, 0.2) is 0 Å². The van der Waals surface area contributed by atoms with Crippen molar-refractivity contribution < 1.29 is 0 Å². The Morgan fingerprint density at radius 1 is 1.00 bits per heavy atom. The highest BCUT2D eigenvalue weighted by molar-refractivity contribution is 7.71. The number of benzene rings is 1. The van der Waals surface area contributed by atoms with Crippen LogP contribution < -0.4 is 0 Å². The minimum atomic E-state index is 0.573. The van der Waals surface area contributed by atoms with E-state index in [0.29, 0.717) is 5.92 Å². The van der Waals surface area contributed by atoms with E-state index in [1.54, 1.807) is 0 Å². The molecule has 2 rings (SSSR count). The van der Waals surface area contributed by atoms with Crippen molar-refractivity contribution in [1.82, 2.24) is 4.98 Å². The van der Waals surface area contributed by atoms with Gasteiger partial charge in [-0.15, -0.1) is 0 Å². The molecule has 82 valence electrons. The normalized spacial score (nSPS) is 10.7. The molecule has 1 aromatic carbocycles. The number of H-pyrrole nitrogens is 1. The summed E-state index contributed by atoms with van der Waals surface area (Å²) in [7, 11) is 0. The molecule has 0 radical (unpaired) electrons. The van der Waals surface area contributed by atoms with Crippen LogP contribution in [0.25, 0.3) is 11.3 Å². The summed E-state index contributed by atoms with van der Waals surface area (Å²) in [5.41, 5.74) is 3.61. The average Bonchev–Trinajstić information content (AvgIpc) is 2.29. The molecule has 0 bridgehead atoms. The monoisotopic (exact) mass is 229 g/mol. The van der Waals surface area contributed by atoms with Crippen LogP contribution in [-0.4, -0.2) is 4.98 Å². The summed E-state index contributed by atoms with van der Waals surface area (Å²) >= 11 is 5.11. The third-order valence-electron chi connectivity index (χ3n) is 2.66. The number of nitrogens with one attached hydrogen (secondary N) is 1. The fourth-order valence-corrected chi connectivity index (χ4v) is 1.85. The summed E-state index contributed by atoms with van der Waals surface area (Å²) in [4.78, 5) is 3.19. The van der Waals surface area contributed by atoms with E-state index >= 15 is 0 Å². The van der Waals surface area contributed by atoms with Crippen molar-refractivity contribution in [2.24, 2.45) is 0 Å². The van der Waals surface area contributed by atoms with Crippen LogP contribution in [0.3, 0.4) is 0 Å². The molecule has 2 heteroatoms. The highest BCUT2D eigenvalue weighted by atomic mass is 32.1. The molecular weight excluding hydrogens is 214 g/mol. The molecule has 0 saturated heterocycles. The second-order valence-corrected chi connectivity index (χ2v) is 4.65. The van der Waals surface area contributed by atoms with Gasteiger partial charge in [-0.3, -0.25) is 0 Å². The summed E-state index contributed by atoms with van der Waals surface area (Å²) in [5.74, 6) is 0.573. The Labute approximate surface area is 101 Å². The van der Waals surface area contributed by atoms with Crippen molar-refractivity contribution in [3.05, 3.63) is 52.7 Å². The van der Waals surface area contributed by atoms with Gasteiger partial charge in [0.1, 0.15) is 4.64 Å². The van der Waals surface area contributed by atoms with Crippen molar-refractivity contribution in [1.29, 1.82) is 0 Å². The zero-order valence-corrected chi connectivity index (χ0v) is 10.3. The van der Waals surface area contributed by atoms with E-state index in [2.05, 4.69) is 43.1 Å². The molecule has 16 heavy (non-hydrogen) atoms. The van der Waals surface area contributed by atoms with Crippen molar-refractivity contribution in [2.45, 2.75) is 19.8 Å². The van der Waals surface area contributed by atoms with Crippen LogP contribution in [0.2, 0.25) is 0 Å². The van der Waals surface area contributed by atoms with Gasteiger partial charge >= 0.3 is 0 Å². The number of pyridine rings is 1. The van der Waals surface area contributed by atoms with E-state index in [4.69, 9.17) is 12.2 Å². The maximum absolute atomic E-state index is 5.11. The van der Waals surface area contributed by atoms with Gasteiger partial charge < -0.3 is 4.98 Å². The van der Waals surface area contributed by atoms with Crippen LogP contribution in [0.15, 0.2) is 42.5 Å². The molecule has 1 aromatic heterocycles. The maximum atomic E-state index is 5.11. The molecule has 2 aromatic rings.